The maximum absolute atomic E-state index is 3.43. The highest BCUT2D eigenvalue weighted by atomic mass is 14.9. The molecule has 2 rings (SSSR count). The summed E-state index contributed by atoms with van der Waals surface area (Å²) in [6, 6.07) is 16.8. The fourth-order valence-electron chi connectivity index (χ4n) is 1.80. The normalized spacial score (nSPS) is 10.0. The Bertz CT molecular complexity index is 492. The van der Waals surface area contributed by atoms with Crippen LogP contribution in [0.1, 0.15) is 11.1 Å². The molecule has 17 heavy (non-hydrogen) atoms. The molecule has 2 aromatic rings. The largest absolute Gasteiger partial charge is 0.388 e. The van der Waals surface area contributed by atoms with Crippen molar-refractivity contribution in [2.75, 3.05) is 17.7 Å². The lowest BCUT2D eigenvalue weighted by atomic mass is 10.2. The maximum Gasteiger partial charge on any atom is 0.0401 e. The number of rotatable bonds is 4. The molecule has 0 aliphatic rings. The fourth-order valence-corrected chi connectivity index (χ4v) is 1.80. The number of aryl methyl sites for hydroxylation is 1. The molecule has 0 heterocycles. The first-order valence-electron chi connectivity index (χ1n) is 5.85. The second kappa shape index (κ2) is 5.39. The Morgan fingerprint density at radius 1 is 0.941 bits per heavy atom. The quantitative estimate of drug-likeness (QED) is 0.831. The first-order valence-corrected chi connectivity index (χ1v) is 5.85. The average molecular weight is 226 g/mol. The van der Waals surface area contributed by atoms with Crippen LogP contribution in [0.4, 0.5) is 11.4 Å². The van der Waals surface area contributed by atoms with E-state index in [1.54, 1.807) is 0 Å². The van der Waals surface area contributed by atoms with Crippen molar-refractivity contribution in [3.8, 4) is 0 Å². The summed E-state index contributed by atoms with van der Waals surface area (Å²) in [6.07, 6.45) is 0. The van der Waals surface area contributed by atoms with E-state index in [1.807, 2.05) is 7.05 Å². The van der Waals surface area contributed by atoms with Crippen LogP contribution >= 0.6 is 0 Å². The Morgan fingerprint density at radius 2 is 1.71 bits per heavy atom. The number of nitrogens with one attached hydrogen (secondary N) is 2. The minimum absolute atomic E-state index is 0.846. The van der Waals surface area contributed by atoms with Crippen molar-refractivity contribution in [3.63, 3.8) is 0 Å². The zero-order valence-corrected chi connectivity index (χ0v) is 10.3. The van der Waals surface area contributed by atoms with Crippen LogP contribution in [0.2, 0.25) is 0 Å². The summed E-state index contributed by atoms with van der Waals surface area (Å²) in [7, 11) is 1.94. The Kier molecular flexibility index (Phi) is 3.66. The number of benzene rings is 2. The molecule has 2 heteroatoms. The number of hydrogen-bond donors (Lipinski definition) is 2. The molecule has 0 unspecified atom stereocenters. The van der Waals surface area contributed by atoms with Gasteiger partial charge in [0.25, 0.3) is 0 Å². The van der Waals surface area contributed by atoms with Gasteiger partial charge in [-0.15, -0.1) is 0 Å². The second-order valence-electron chi connectivity index (χ2n) is 4.17. The summed E-state index contributed by atoms with van der Waals surface area (Å²) in [6.45, 7) is 2.95. The first-order chi connectivity index (χ1) is 8.28. The molecular weight excluding hydrogens is 208 g/mol. The number of anilines is 2. The van der Waals surface area contributed by atoms with Crippen molar-refractivity contribution in [1.82, 2.24) is 0 Å². The minimum Gasteiger partial charge on any atom is -0.388 e. The predicted molar refractivity (Wildman–Crippen MR) is 74.5 cm³/mol. The van der Waals surface area contributed by atoms with E-state index in [1.165, 1.54) is 16.8 Å². The molecule has 88 valence electrons. The highest BCUT2D eigenvalue weighted by Gasteiger charge is 1.95. The summed E-state index contributed by atoms with van der Waals surface area (Å²) in [5, 5.41) is 6.57. The van der Waals surface area contributed by atoms with Crippen LogP contribution in [-0.2, 0) is 6.54 Å². The topological polar surface area (TPSA) is 24.1 Å². The van der Waals surface area contributed by atoms with E-state index in [0.717, 1.165) is 12.2 Å². The highest BCUT2D eigenvalue weighted by molar-refractivity contribution is 5.48. The Labute approximate surface area is 103 Å². The molecular formula is C15H18N2. The van der Waals surface area contributed by atoms with E-state index >= 15 is 0 Å². The molecule has 0 saturated heterocycles. The maximum atomic E-state index is 3.43. The van der Waals surface area contributed by atoms with E-state index in [9.17, 15) is 0 Å². The van der Waals surface area contributed by atoms with Crippen molar-refractivity contribution >= 4 is 11.4 Å². The monoisotopic (exact) mass is 226 g/mol. The van der Waals surface area contributed by atoms with Gasteiger partial charge in [-0.1, -0.05) is 24.3 Å². The molecule has 0 aliphatic carbocycles. The van der Waals surface area contributed by atoms with Crippen LogP contribution < -0.4 is 10.6 Å². The van der Waals surface area contributed by atoms with E-state index in [-0.39, 0.29) is 0 Å². The van der Waals surface area contributed by atoms with Crippen LogP contribution in [0.5, 0.6) is 0 Å². The Morgan fingerprint density at radius 3 is 2.47 bits per heavy atom. The highest BCUT2D eigenvalue weighted by Crippen LogP contribution is 2.13. The van der Waals surface area contributed by atoms with Crippen LogP contribution in [0.15, 0.2) is 48.5 Å². The van der Waals surface area contributed by atoms with E-state index in [2.05, 4.69) is 66.1 Å². The standard InChI is InChI=1S/C15H18N2/c1-12-5-3-8-15(9-12)17-11-13-6-4-7-14(10-13)16-2/h3-10,16-17H,11H2,1-2H3. The molecule has 0 atom stereocenters. The summed E-state index contributed by atoms with van der Waals surface area (Å²) in [4.78, 5) is 0. The SMILES string of the molecule is CNc1cccc(CNc2cccc(C)c2)c1. The third kappa shape index (κ3) is 3.25. The molecule has 0 aromatic heterocycles. The van der Waals surface area contributed by atoms with Gasteiger partial charge in [0.1, 0.15) is 0 Å². The van der Waals surface area contributed by atoms with Crippen molar-refractivity contribution in [2.24, 2.45) is 0 Å². The van der Waals surface area contributed by atoms with Gasteiger partial charge in [-0.3, -0.25) is 0 Å². The third-order valence-corrected chi connectivity index (χ3v) is 2.73. The third-order valence-electron chi connectivity index (χ3n) is 2.73. The van der Waals surface area contributed by atoms with E-state index in [0.29, 0.717) is 0 Å². The molecule has 0 spiro atoms. The lowest BCUT2D eigenvalue weighted by Crippen LogP contribution is -2.00. The van der Waals surface area contributed by atoms with Gasteiger partial charge in [-0.25, -0.2) is 0 Å². The van der Waals surface area contributed by atoms with Gasteiger partial charge in [0.2, 0.25) is 0 Å². The minimum atomic E-state index is 0.846. The molecule has 0 amide bonds. The Balaban J connectivity index is 2.02. The van der Waals surface area contributed by atoms with Gasteiger partial charge in [-0.2, -0.15) is 0 Å². The molecule has 0 fully saturated rings. The zero-order chi connectivity index (χ0) is 12.1. The Hall–Kier alpha value is -1.96. The number of hydrogen-bond acceptors (Lipinski definition) is 2. The van der Waals surface area contributed by atoms with Gasteiger partial charge in [0.15, 0.2) is 0 Å². The van der Waals surface area contributed by atoms with Crippen molar-refractivity contribution < 1.29 is 0 Å². The summed E-state index contributed by atoms with van der Waals surface area (Å²) in [5.41, 5.74) is 4.87. The van der Waals surface area contributed by atoms with Crippen molar-refractivity contribution in [3.05, 3.63) is 59.7 Å². The molecule has 2 nitrogen and oxygen atoms in total. The molecule has 0 radical (unpaired) electrons. The second-order valence-corrected chi connectivity index (χ2v) is 4.17. The van der Waals surface area contributed by atoms with Gasteiger partial charge in [0, 0.05) is 25.0 Å². The fraction of sp³-hybridized carbons (Fsp3) is 0.200. The van der Waals surface area contributed by atoms with Crippen molar-refractivity contribution in [2.45, 2.75) is 13.5 Å². The average Bonchev–Trinajstić information content (AvgIpc) is 2.37. The lowest BCUT2D eigenvalue weighted by molar-refractivity contribution is 1.15. The van der Waals surface area contributed by atoms with Gasteiger partial charge < -0.3 is 10.6 Å². The van der Waals surface area contributed by atoms with Gasteiger partial charge >= 0.3 is 0 Å². The van der Waals surface area contributed by atoms with Gasteiger partial charge in [0.05, 0.1) is 0 Å². The molecule has 0 bridgehead atoms. The lowest BCUT2D eigenvalue weighted by Gasteiger charge is -2.08. The summed E-state index contributed by atoms with van der Waals surface area (Å²) in [5.74, 6) is 0. The van der Waals surface area contributed by atoms with Crippen LogP contribution in [-0.4, -0.2) is 7.05 Å². The molecule has 0 aliphatic heterocycles. The predicted octanol–water partition coefficient (Wildman–Crippen LogP) is 3.65. The van der Waals surface area contributed by atoms with E-state index < -0.39 is 0 Å². The first kappa shape index (κ1) is 11.5. The zero-order valence-electron chi connectivity index (χ0n) is 10.3. The van der Waals surface area contributed by atoms with Crippen LogP contribution in [0.25, 0.3) is 0 Å². The molecule has 2 N–H and O–H groups in total. The summed E-state index contributed by atoms with van der Waals surface area (Å²) < 4.78 is 0. The summed E-state index contributed by atoms with van der Waals surface area (Å²) >= 11 is 0. The smallest absolute Gasteiger partial charge is 0.0401 e. The van der Waals surface area contributed by atoms with Crippen LogP contribution in [0.3, 0.4) is 0 Å². The van der Waals surface area contributed by atoms with Crippen LogP contribution in [0, 0.1) is 6.92 Å². The molecule has 0 saturated carbocycles. The van der Waals surface area contributed by atoms with Gasteiger partial charge in [-0.05, 0) is 42.3 Å². The van der Waals surface area contributed by atoms with E-state index in [4.69, 9.17) is 0 Å². The molecule has 2 aromatic carbocycles. The van der Waals surface area contributed by atoms with Crippen molar-refractivity contribution in [1.29, 1.82) is 0 Å².